The zero-order valence-corrected chi connectivity index (χ0v) is 22.5. The van der Waals surface area contributed by atoms with Crippen molar-refractivity contribution in [3.05, 3.63) is 48.5 Å². The number of anilines is 1. The quantitative estimate of drug-likeness (QED) is 0.0601. The first-order chi connectivity index (χ1) is 18.2. The van der Waals surface area contributed by atoms with Crippen LogP contribution in [0.3, 0.4) is 0 Å². The topological polar surface area (TPSA) is 248 Å². The SMILES string of the molecule is O=S(=O)(O)CNc1ccc2cc(SOOO)cc(O)c2c1/N=N/c1ccccc1S(=O)(=O)CCOS(=O)(=O)O. The molecule has 39 heavy (non-hydrogen) atoms. The molecule has 0 fully saturated rings. The predicted octanol–water partition coefficient (Wildman–Crippen LogP) is 3.24. The fraction of sp³-hybridized carbons (Fsp3) is 0.158. The second-order valence-corrected chi connectivity index (χ2v) is 12.8. The summed E-state index contributed by atoms with van der Waals surface area (Å²) in [7, 11) is -13.6. The number of rotatable bonds is 13. The van der Waals surface area contributed by atoms with E-state index in [1.165, 1.54) is 48.5 Å². The van der Waals surface area contributed by atoms with Crippen molar-refractivity contribution in [1.29, 1.82) is 0 Å². The smallest absolute Gasteiger partial charge is 0.397 e. The van der Waals surface area contributed by atoms with Crippen molar-refractivity contribution in [2.24, 2.45) is 10.2 Å². The van der Waals surface area contributed by atoms with Gasteiger partial charge in [-0.1, -0.05) is 23.2 Å². The Kier molecular flexibility index (Phi) is 9.82. The molecule has 0 aliphatic carbocycles. The van der Waals surface area contributed by atoms with E-state index in [9.17, 15) is 30.4 Å². The van der Waals surface area contributed by atoms with E-state index >= 15 is 0 Å². The van der Waals surface area contributed by atoms with Crippen LogP contribution >= 0.6 is 12.0 Å². The van der Waals surface area contributed by atoms with Crippen molar-refractivity contribution in [3.8, 4) is 5.75 Å². The molecule has 0 saturated carbocycles. The molecule has 0 saturated heterocycles. The molecule has 3 rings (SSSR count). The Morgan fingerprint density at radius 3 is 2.33 bits per heavy atom. The molecule has 0 aromatic heterocycles. The standard InChI is InChI=1S/C19H19N3O13S4/c23-16-10-13(36-35-34-24)9-12-5-6-15(20-11-38(27,28)29)19(18(12)16)22-21-14-3-1-2-4-17(14)37(25,26)8-7-33-39(30,31)32/h1-6,9-10,20,23-24H,7-8,11H2,(H,27,28,29)(H,30,31,32)/b22-21+. The van der Waals surface area contributed by atoms with Gasteiger partial charge in [-0.15, -0.1) is 14.6 Å². The zero-order valence-electron chi connectivity index (χ0n) is 19.2. The van der Waals surface area contributed by atoms with Gasteiger partial charge in [0, 0.05) is 4.90 Å². The van der Waals surface area contributed by atoms with Crippen molar-refractivity contribution in [2.75, 3.05) is 23.6 Å². The highest BCUT2D eigenvalue weighted by Crippen LogP contribution is 2.42. The number of sulfone groups is 1. The maximum absolute atomic E-state index is 12.8. The van der Waals surface area contributed by atoms with Crippen LogP contribution < -0.4 is 5.32 Å². The van der Waals surface area contributed by atoms with E-state index in [-0.39, 0.29) is 32.2 Å². The van der Waals surface area contributed by atoms with E-state index in [2.05, 4.69) is 29.1 Å². The number of nitrogens with zero attached hydrogens (tertiary/aromatic N) is 2. The van der Waals surface area contributed by atoms with Crippen LogP contribution in [0.15, 0.2) is 68.6 Å². The maximum atomic E-state index is 12.8. The van der Waals surface area contributed by atoms with Crippen LogP contribution in [0.5, 0.6) is 5.75 Å². The molecule has 0 radical (unpaired) electrons. The van der Waals surface area contributed by atoms with E-state index in [1.807, 2.05) is 0 Å². The van der Waals surface area contributed by atoms with Gasteiger partial charge < -0.3 is 10.4 Å². The number of aromatic hydroxyl groups is 1. The monoisotopic (exact) mass is 625 g/mol. The van der Waals surface area contributed by atoms with Gasteiger partial charge in [0.1, 0.15) is 23.0 Å². The third kappa shape index (κ3) is 8.79. The first kappa shape index (κ1) is 30.6. The van der Waals surface area contributed by atoms with Crippen molar-refractivity contribution in [1.82, 2.24) is 0 Å². The van der Waals surface area contributed by atoms with E-state index in [1.54, 1.807) is 0 Å². The Balaban J connectivity index is 2.09. The van der Waals surface area contributed by atoms with Crippen molar-refractivity contribution in [2.45, 2.75) is 9.79 Å². The van der Waals surface area contributed by atoms with Gasteiger partial charge in [-0.3, -0.25) is 9.11 Å². The fourth-order valence-electron chi connectivity index (χ4n) is 3.18. The Morgan fingerprint density at radius 2 is 1.67 bits per heavy atom. The van der Waals surface area contributed by atoms with Gasteiger partial charge in [-0.2, -0.15) is 16.8 Å². The molecule has 0 aliphatic heterocycles. The van der Waals surface area contributed by atoms with Crippen molar-refractivity contribution in [3.63, 3.8) is 0 Å². The molecule has 3 aromatic carbocycles. The second-order valence-electron chi connectivity index (χ2n) is 7.37. The van der Waals surface area contributed by atoms with Gasteiger partial charge >= 0.3 is 10.4 Å². The summed E-state index contributed by atoms with van der Waals surface area (Å²) in [6.07, 6.45) is 0. The van der Waals surface area contributed by atoms with Gasteiger partial charge in [0.15, 0.2) is 9.84 Å². The molecular formula is C19H19N3O13S4. The number of phenolic OH excluding ortho intramolecular Hbond substituents is 1. The summed E-state index contributed by atoms with van der Waals surface area (Å²) in [4.78, 5) is -0.0939. The lowest BCUT2D eigenvalue weighted by molar-refractivity contribution is -0.432. The van der Waals surface area contributed by atoms with Crippen molar-refractivity contribution >= 4 is 70.2 Å². The van der Waals surface area contributed by atoms with E-state index in [0.29, 0.717) is 17.4 Å². The van der Waals surface area contributed by atoms with Crippen LogP contribution in [0.2, 0.25) is 0 Å². The molecule has 0 aliphatic rings. The summed E-state index contributed by atoms with van der Waals surface area (Å²) in [5.74, 6) is -2.17. The molecule has 20 heteroatoms. The van der Waals surface area contributed by atoms with Crippen LogP contribution in [0.25, 0.3) is 10.8 Å². The third-order valence-electron chi connectivity index (χ3n) is 4.69. The van der Waals surface area contributed by atoms with Gasteiger partial charge in [0.05, 0.1) is 40.4 Å². The maximum Gasteiger partial charge on any atom is 0.397 e. The lowest BCUT2D eigenvalue weighted by atomic mass is 10.1. The Labute approximate surface area is 225 Å². The number of fused-ring (bicyclic) bond motifs is 1. The summed E-state index contributed by atoms with van der Waals surface area (Å²) >= 11 is 0.551. The Bertz CT molecular complexity index is 1710. The summed E-state index contributed by atoms with van der Waals surface area (Å²) in [5.41, 5.74) is -0.370. The van der Waals surface area contributed by atoms with Gasteiger partial charge in [0.25, 0.3) is 10.1 Å². The molecule has 0 atom stereocenters. The molecule has 0 amide bonds. The minimum atomic E-state index is -4.87. The second kappa shape index (κ2) is 12.5. The van der Waals surface area contributed by atoms with Gasteiger partial charge in [0.2, 0.25) is 0 Å². The number of hydrogen-bond acceptors (Lipinski definition) is 15. The number of azo groups is 1. The zero-order chi connectivity index (χ0) is 28.8. The minimum absolute atomic E-state index is 0.0172. The Hall–Kier alpha value is -2.92. The van der Waals surface area contributed by atoms with E-state index < -0.39 is 54.3 Å². The summed E-state index contributed by atoms with van der Waals surface area (Å²) < 4.78 is 95.8. The number of nitrogens with one attached hydrogen (secondary N) is 1. The number of hydrogen-bond donors (Lipinski definition) is 5. The van der Waals surface area contributed by atoms with Crippen LogP contribution in [0, 0.1) is 0 Å². The van der Waals surface area contributed by atoms with Gasteiger partial charge in [-0.05, 0) is 35.7 Å². The highest BCUT2D eigenvalue weighted by atomic mass is 32.3. The Morgan fingerprint density at radius 1 is 0.949 bits per heavy atom. The molecule has 3 aromatic rings. The first-order valence-corrected chi connectivity index (χ1v) is 15.6. The molecule has 0 unspecified atom stereocenters. The number of benzene rings is 3. The molecule has 16 nitrogen and oxygen atoms in total. The predicted molar refractivity (Wildman–Crippen MR) is 136 cm³/mol. The third-order valence-corrected chi connectivity index (χ3v) is 7.94. The average molecular weight is 626 g/mol. The summed E-state index contributed by atoms with van der Waals surface area (Å²) in [6.45, 7) is -0.876. The number of phenols is 1. The summed E-state index contributed by atoms with van der Waals surface area (Å²) in [6, 6.07) is 10.7. The molecule has 5 N–H and O–H groups in total. The lowest BCUT2D eigenvalue weighted by Gasteiger charge is -2.13. The van der Waals surface area contributed by atoms with Crippen LogP contribution in [0.4, 0.5) is 17.1 Å². The fourth-order valence-corrected chi connectivity index (χ4v) is 5.60. The molecule has 212 valence electrons. The van der Waals surface area contributed by atoms with Crippen LogP contribution in [0.1, 0.15) is 0 Å². The average Bonchev–Trinajstić information content (AvgIpc) is 2.83. The largest absolute Gasteiger partial charge is 0.507 e. The highest BCUT2D eigenvalue weighted by Gasteiger charge is 2.21. The van der Waals surface area contributed by atoms with E-state index in [0.717, 1.165) is 0 Å². The van der Waals surface area contributed by atoms with Crippen LogP contribution in [-0.4, -0.2) is 63.0 Å². The molecular weight excluding hydrogens is 606 g/mol. The normalized spacial score (nSPS) is 12.8. The van der Waals surface area contributed by atoms with Crippen LogP contribution in [-0.2, 0) is 43.9 Å². The first-order valence-electron chi connectivity index (χ1n) is 10.2. The molecule has 0 bridgehead atoms. The molecule has 0 spiro atoms. The molecule has 0 heterocycles. The lowest BCUT2D eigenvalue weighted by Crippen LogP contribution is -2.15. The minimum Gasteiger partial charge on any atom is -0.507 e. The summed E-state index contributed by atoms with van der Waals surface area (Å²) in [5, 5.41) is 33.4. The van der Waals surface area contributed by atoms with E-state index in [4.69, 9.17) is 14.4 Å². The highest BCUT2D eigenvalue weighted by molar-refractivity contribution is 7.94. The van der Waals surface area contributed by atoms with Crippen molar-refractivity contribution < 1.29 is 58.3 Å². The van der Waals surface area contributed by atoms with Gasteiger partial charge in [-0.25, -0.2) is 17.9 Å².